The monoisotopic (exact) mass is 524 g/mol. The quantitative estimate of drug-likeness (QED) is 0.231. The zero-order valence-corrected chi connectivity index (χ0v) is 22.1. The number of rotatable bonds is 4. The van der Waals surface area contributed by atoms with Gasteiger partial charge >= 0.3 is 0 Å². The Balaban J connectivity index is 1.27. The number of hydrogen-bond acceptors (Lipinski definition) is 3. The lowest BCUT2D eigenvalue weighted by molar-refractivity contribution is 1.17. The Hall–Kier alpha value is -5.61. The molecular weight excluding hydrogens is 500 g/mol. The Kier molecular flexibility index (Phi) is 5.42. The highest BCUT2D eigenvalue weighted by Gasteiger charge is 2.13. The van der Waals surface area contributed by atoms with Gasteiger partial charge < -0.3 is 4.57 Å². The summed E-state index contributed by atoms with van der Waals surface area (Å²) in [4.78, 5) is 14.1. The summed E-state index contributed by atoms with van der Waals surface area (Å²) in [6, 6.07) is 44.6. The van der Waals surface area contributed by atoms with Gasteiger partial charge in [-0.1, -0.05) is 72.8 Å². The maximum Gasteiger partial charge on any atom is 0.0899 e. The van der Waals surface area contributed by atoms with Crippen LogP contribution in [0, 0.1) is 0 Å². The fraction of sp³-hybridized carbons (Fsp3) is 0. The summed E-state index contributed by atoms with van der Waals surface area (Å²) < 4.78 is 2.30. The van der Waals surface area contributed by atoms with Crippen molar-refractivity contribution in [1.29, 1.82) is 0 Å². The van der Waals surface area contributed by atoms with E-state index in [9.17, 15) is 0 Å². The van der Waals surface area contributed by atoms with Crippen LogP contribution in [0.25, 0.3) is 72.0 Å². The molecule has 0 aliphatic heterocycles. The maximum atomic E-state index is 5.08. The number of nitrogens with zero attached hydrogens (tertiary/aromatic N) is 4. The molecule has 0 spiro atoms. The van der Waals surface area contributed by atoms with E-state index in [1.54, 1.807) is 0 Å². The molecule has 0 aliphatic carbocycles. The van der Waals surface area contributed by atoms with Crippen molar-refractivity contribution in [3.8, 4) is 39.5 Å². The van der Waals surface area contributed by atoms with Gasteiger partial charge in [0, 0.05) is 40.6 Å². The van der Waals surface area contributed by atoms with Crippen molar-refractivity contribution in [1.82, 2.24) is 19.5 Å². The van der Waals surface area contributed by atoms with Crippen LogP contribution in [0.15, 0.2) is 146 Å². The second-order valence-corrected chi connectivity index (χ2v) is 10.2. The number of para-hydroxylation sites is 1. The predicted octanol–water partition coefficient (Wildman–Crippen LogP) is 9.12. The molecule has 4 aromatic heterocycles. The second kappa shape index (κ2) is 9.54. The highest BCUT2D eigenvalue weighted by atomic mass is 15.0. The summed E-state index contributed by atoms with van der Waals surface area (Å²) in [5.74, 6) is 0. The van der Waals surface area contributed by atoms with Gasteiger partial charge in [0.05, 0.1) is 28.1 Å². The topological polar surface area (TPSA) is 43.6 Å². The normalized spacial score (nSPS) is 11.4. The first-order chi connectivity index (χ1) is 20.3. The Morgan fingerprint density at radius 3 is 2.10 bits per heavy atom. The van der Waals surface area contributed by atoms with Crippen LogP contribution >= 0.6 is 0 Å². The lowest BCUT2D eigenvalue weighted by atomic mass is 9.98. The molecule has 4 heterocycles. The zero-order chi connectivity index (χ0) is 27.2. The average molecular weight is 525 g/mol. The van der Waals surface area contributed by atoms with Gasteiger partial charge in [0.15, 0.2) is 0 Å². The smallest absolute Gasteiger partial charge is 0.0899 e. The van der Waals surface area contributed by atoms with E-state index in [1.807, 2.05) is 36.8 Å². The number of benzene rings is 4. The molecule has 0 radical (unpaired) electrons. The molecule has 0 amide bonds. The number of hydrogen-bond donors (Lipinski definition) is 0. The molecule has 0 atom stereocenters. The highest BCUT2D eigenvalue weighted by Crippen LogP contribution is 2.34. The molecule has 192 valence electrons. The van der Waals surface area contributed by atoms with Crippen LogP contribution in [0.1, 0.15) is 0 Å². The summed E-state index contributed by atoms with van der Waals surface area (Å²) >= 11 is 0. The van der Waals surface area contributed by atoms with Crippen LogP contribution in [-0.2, 0) is 0 Å². The summed E-state index contributed by atoms with van der Waals surface area (Å²) in [5, 5.41) is 4.79. The summed E-state index contributed by atoms with van der Waals surface area (Å²) in [5.41, 5.74) is 9.34. The predicted molar refractivity (Wildman–Crippen MR) is 168 cm³/mol. The fourth-order valence-electron chi connectivity index (χ4n) is 5.73. The average Bonchev–Trinajstić information content (AvgIpc) is 3.39. The van der Waals surface area contributed by atoms with Gasteiger partial charge in [-0.05, 0) is 76.5 Å². The van der Waals surface area contributed by atoms with E-state index in [0.717, 1.165) is 55.9 Å². The summed E-state index contributed by atoms with van der Waals surface area (Å²) in [6.45, 7) is 0. The van der Waals surface area contributed by atoms with Gasteiger partial charge in [0.2, 0.25) is 0 Å². The van der Waals surface area contributed by atoms with Crippen molar-refractivity contribution >= 4 is 32.6 Å². The fourth-order valence-corrected chi connectivity index (χ4v) is 5.73. The van der Waals surface area contributed by atoms with Gasteiger partial charge in [0.25, 0.3) is 0 Å². The molecule has 0 bridgehead atoms. The molecule has 0 N–H and O–H groups in total. The van der Waals surface area contributed by atoms with Gasteiger partial charge in [-0.3, -0.25) is 9.97 Å². The van der Waals surface area contributed by atoms with Crippen LogP contribution < -0.4 is 0 Å². The number of fused-ring (bicyclic) bond motifs is 4. The summed E-state index contributed by atoms with van der Waals surface area (Å²) in [6.07, 6.45) is 5.62. The van der Waals surface area contributed by atoms with Crippen molar-refractivity contribution in [3.05, 3.63) is 146 Å². The third-order valence-electron chi connectivity index (χ3n) is 7.73. The molecule has 0 unspecified atom stereocenters. The third kappa shape index (κ3) is 4.05. The molecule has 8 aromatic rings. The molecule has 0 fully saturated rings. The van der Waals surface area contributed by atoms with E-state index < -0.39 is 0 Å². The number of aromatic nitrogens is 4. The molecular formula is C37H24N4. The van der Waals surface area contributed by atoms with Crippen LogP contribution in [0.5, 0.6) is 0 Å². The van der Waals surface area contributed by atoms with Crippen molar-refractivity contribution in [2.45, 2.75) is 0 Å². The van der Waals surface area contributed by atoms with E-state index in [2.05, 4.69) is 124 Å². The maximum absolute atomic E-state index is 5.08. The van der Waals surface area contributed by atoms with Crippen molar-refractivity contribution < 1.29 is 0 Å². The van der Waals surface area contributed by atoms with Crippen LogP contribution in [-0.4, -0.2) is 19.5 Å². The van der Waals surface area contributed by atoms with Gasteiger partial charge in [-0.2, -0.15) is 0 Å². The minimum absolute atomic E-state index is 0.852. The Bertz CT molecular complexity index is 2140. The Morgan fingerprint density at radius 1 is 0.463 bits per heavy atom. The molecule has 4 aromatic carbocycles. The first-order valence-electron chi connectivity index (χ1n) is 13.7. The van der Waals surface area contributed by atoms with E-state index >= 15 is 0 Å². The molecule has 41 heavy (non-hydrogen) atoms. The Morgan fingerprint density at radius 2 is 1.22 bits per heavy atom. The van der Waals surface area contributed by atoms with Gasteiger partial charge in [-0.25, -0.2) is 4.98 Å². The molecule has 8 rings (SSSR count). The Labute approximate surface area is 237 Å². The standard InChI is InChI=1S/C37H24N4/c1-2-8-27-21-28(13-12-25(27)7-1)29-22-34(40-35(23-29)33-10-5-6-19-39-33)26-14-16-30(17-15-26)41-36-11-4-3-9-31(36)32-24-38-20-18-37(32)41/h1-24H. The molecule has 0 saturated carbocycles. The first kappa shape index (κ1) is 23.3. The molecule has 4 nitrogen and oxygen atoms in total. The van der Waals surface area contributed by atoms with E-state index in [0.29, 0.717) is 0 Å². The van der Waals surface area contributed by atoms with E-state index in [4.69, 9.17) is 4.98 Å². The molecule has 4 heteroatoms. The summed E-state index contributed by atoms with van der Waals surface area (Å²) in [7, 11) is 0. The number of pyridine rings is 3. The van der Waals surface area contributed by atoms with Crippen molar-refractivity contribution in [2.75, 3.05) is 0 Å². The molecule has 0 saturated heterocycles. The van der Waals surface area contributed by atoms with Gasteiger partial charge in [0.1, 0.15) is 0 Å². The SMILES string of the molecule is c1ccc(-c2cc(-c3ccc4ccccc4c3)cc(-c3ccc(-n4c5ccccc5c5cnccc54)cc3)n2)nc1. The lowest BCUT2D eigenvalue weighted by Gasteiger charge is -2.12. The second-order valence-electron chi connectivity index (χ2n) is 10.2. The minimum Gasteiger partial charge on any atom is -0.309 e. The van der Waals surface area contributed by atoms with Crippen LogP contribution in [0.2, 0.25) is 0 Å². The highest BCUT2D eigenvalue weighted by molar-refractivity contribution is 6.08. The minimum atomic E-state index is 0.852. The first-order valence-corrected chi connectivity index (χ1v) is 13.7. The van der Waals surface area contributed by atoms with Crippen molar-refractivity contribution in [2.24, 2.45) is 0 Å². The largest absolute Gasteiger partial charge is 0.309 e. The van der Waals surface area contributed by atoms with Gasteiger partial charge in [-0.15, -0.1) is 0 Å². The zero-order valence-electron chi connectivity index (χ0n) is 22.1. The van der Waals surface area contributed by atoms with Crippen molar-refractivity contribution in [3.63, 3.8) is 0 Å². The third-order valence-corrected chi connectivity index (χ3v) is 7.73. The molecule has 0 aliphatic rings. The van der Waals surface area contributed by atoms with Crippen LogP contribution in [0.4, 0.5) is 0 Å². The lowest BCUT2D eigenvalue weighted by Crippen LogP contribution is -1.95. The van der Waals surface area contributed by atoms with E-state index in [1.165, 1.54) is 16.2 Å². The van der Waals surface area contributed by atoms with Crippen LogP contribution in [0.3, 0.4) is 0 Å². The van der Waals surface area contributed by atoms with E-state index in [-0.39, 0.29) is 0 Å².